The molecule has 4 heteroatoms. The highest BCUT2D eigenvalue weighted by molar-refractivity contribution is 7.08. The minimum absolute atomic E-state index is 0.155. The fraction of sp³-hybridized carbons (Fsp3) is 0.312. The Labute approximate surface area is 122 Å². The lowest BCUT2D eigenvalue weighted by Gasteiger charge is -2.16. The summed E-state index contributed by atoms with van der Waals surface area (Å²) in [5.41, 5.74) is 2.09. The number of methoxy groups -OCH3 is 1. The van der Waals surface area contributed by atoms with Gasteiger partial charge in [0.25, 0.3) is 5.91 Å². The number of nitrogens with zero attached hydrogens (tertiary/aromatic N) is 1. The molecule has 1 aromatic carbocycles. The molecule has 1 aliphatic heterocycles. The lowest BCUT2D eigenvalue weighted by atomic mass is 9.98. The van der Waals surface area contributed by atoms with Gasteiger partial charge in [-0.2, -0.15) is 11.3 Å². The number of carbonyl (C=O) groups excluding carboxylic acids is 1. The molecule has 2 aromatic rings. The van der Waals surface area contributed by atoms with Crippen molar-refractivity contribution in [3.05, 3.63) is 52.2 Å². The molecule has 104 valence electrons. The maximum absolute atomic E-state index is 12.3. The summed E-state index contributed by atoms with van der Waals surface area (Å²) >= 11 is 1.57. The van der Waals surface area contributed by atoms with Gasteiger partial charge in [0.2, 0.25) is 0 Å². The number of carbonyl (C=O) groups is 1. The van der Waals surface area contributed by atoms with E-state index in [-0.39, 0.29) is 5.91 Å². The van der Waals surface area contributed by atoms with Gasteiger partial charge in [0.15, 0.2) is 0 Å². The minimum atomic E-state index is 0.155. The summed E-state index contributed by atoms with van der Waals surface area (Å²) in [6, 6.07) is 10.1. The fourth-order valence-electron chi connectivity index (χ4n) is 2.66. The standard InChI is InChI=1S/C16H17NO2S/c1-19-15-4-2-12(3-5-15)13-6-8-17(10-13)16(18)14-7-9-20-11-14/h2-5,7,9,11,13H,6,8,10H2,1H3. The van der Waals surface area contributed by atoms with Crippen LogP contribution >= 0.6 is 11.3 Å². The Morgan fingerprint density at radius 2 is 2.10 bits per heavy atom. The van der Waals surface area contributed by atoms with Gasteiger partial charge in [0.05, 0.1) is 12.7 Å². The second kappa shape index (κ2) is 5.67. The van der Waals surface area contributed by atoms with Crippen LogP contribution in [0, 0.1) is 0 Å². The molecule has 0 spiro atoms. The zero-order valence-corrected chi connectivity index (χ0v) is 12.2. The van der Waals surface area contributed by atoms with Gasteiger partial charge < -0.3 is 9.64 Å². The molecule has 3 nitrogen and oxygen atoms in total. The number of hydrogen-bond donors (Lipinski definition) is 0. The third-order valence-corrected chi connectivity index (χ3v) is 4.51. The number of likely N-dealkylation sites (tertiary alicyclic amines) is 1. The molecular weight excluding hydrogens is 270 g/mol. The molecule has 1 fully saturated rings. The Hall–Kier alpha value is -1.81. The van der Waals surface area contributed by atoms with Crippen LogP contribution in [-0.4, -0.2) is 31.0 Å². The van der Waals surface area contributed by atoms with Crippen LogP contribution in [0.5, 0.6) is 5.75 Å². The van der Waals surface area contributed by atoms with Gasteiger partial charge in [-0.1, -0.05) is 12.1 Å². The van der Waals surface area contributed by atoms with Crippen LogP contribution < -0.4 is 4.74 Å². The molecule has 1 amide bonds. The topological polar surface area (TPSA) is 29.5 Å². The van der Waals surface area contributed by atoms with E-state index < -0.39 is 0 Å². The van der Waals surface area contributed by atoms with Crippen LogP contribution in [0.3, 0.4) is 0 Å². The third kappa shape index (κ3) is 2.56. The molecule has 3 rings (SSSR count). The number of hydrogen-bond acceptors (Lipinski definition) is 3. The minimum Gasteiger partial charge on any atom is -0.497 e. The van der Waals surface area contributed by atoms with E-state index in [4.69, 9.17) is 4.74 Å². The number of ether oxygens (including phenoxy) is 1. The molecular formula is C16H17NO2S. The first-order chi connectivity index (χ1) is 9.78. The van der Waals surface area contributed by atoms with E-state index in [1.54, 1.807) is 18.4 Å². The van der Waals surface area contributed by atoms with Crippen molar-refractivity contribution in [2.24, 2.45) is 0 Å². The summed E-state index contributed by atoms with van der Waals surface area (Å²) in [5, 5.41) is 3.87. The van der Waals surface area contributed by atoms with E-state index in [2.05, 4.69) is 12.1 Å². The van der Waals surface area contributed by atoms with Gasteiger partial charge >= 0.3 is 0 Å². The van der Waals surface area contributed by atoms with Gasteiger partial charge in [0, 0.05) is 24.4 Å². The van der Waals surface area contributed by atoms with Crippen LogP contribution in [0.25, 0.3) is 0 Å². The molecule has 0 bridgehead atoms. The SMILES string of the molecule is COc1ccc(C2CCN(C(=O)c3ccsc3)C2)cc1. The zero-order chi connectivity index (χ0) is 13.9. The smallest absolute Gasteiger partial charge is 0.254 e. The number of thiophene rings is 1. The molecule has 1 atom stereocenters. The first-order valence-electron chi connectivity index (χ1n) is 6.73. The molecule has 0 radical (unpaired) electrons. The molecule has 1 unspecified atom stereocenters. The number of amides is 1. The van der Waals surface area contributed by atoms with Crippen molar-refractivity contribution in [1.82, 2.24) is 4.90 Å². The van der Waals surface area contributed by atoms with Gasteiger partial charge in [-0.05, 0) is 35.6 Å². The van der Waals surface area contributed by atoms with Gasteiger partial charge in [-0.3, -0.25) is 4.79 Å². The predicted octanol–water partition coefficient (Wildman–Crippen LogP) is 3.39. The molecule has 2 heterocycles. The fourth-order valence-corrected chi connectivity index (χ4v) is 3.29. The van der Waals surface area contributed by atoms with Crippen LogP contribution in [0.1, 0.15) is 28.3 Å². The van der Waals surface area contributed by atoms with E-state index in [0.717, 1.165) is 30.8 Å². The summed E-state index contributed by atoms with van der Waals surface area (Å²) < 4.78 is 5.18. The number of rotatable bonds is 3. The number of benzene rings is 1. The van der Waals surface area contributed by atoms with Crippen LogP contribution in [0.15, 0.2) is 41.1 Å². The Morgan fingerprint density at radius 1 is 1.30 bits per heavy atom. The summed E-state index contributed by atoms with van der Waals surface area (Å²) in [6.07, 6.45) is 1.03. The Morgan fingerprint density at radius 3 is 2.75 bits per heavy atom. The first kappa shape index (κ1) is 13.2. The van der Waals surface area contributed by atoms with Crippen LogP contribution in [0.2, 0.25) is 0 Å². The maximum atomic E-state index is 12.3. The van der Waals surface area contributed by atoms with Crippen molar-refractivity contribution in [2.75, 3.05) is 20.2 Å². The molecule has 1 aliphatic rings. The van der Waals surface area contributed by atoms with Gasteiger partial charge in [0.1, 0.15) is 5.75 Å². The second-order valence-electron chi connectivity index (χ2n) is 5.02. The second-order valence-corrected chi connectivity index (χ2v) is 5.80. The van der Waals surface area contributed by atoms with E-state index in [1.807, 2.05) is 33.9 Å². The zero-order valence-electron chi connectivity index (χ0n) is 11.4. The van der Waals surface area contributed by atoms with E-state index in [1.165, 1.54) is 5.56 Å². The lowest BCUT2D eigenvalue weighted by Crippen LogP contribution is -2.28. The molecule has 0 N–H and O–H groups in total. The average Bonchev–Trinajstić information content (AvgIpc) is 3.18. The summed E-state index contributed by atoms with van der Waals surface area (Å²) in [7, 11) is 1.67. The molecule has 20 heavy (non-hydrogen) atoms. The summed E-state index contributed by atoms with van der Waals surface area (Å²) in [4.78, 5) is 14.3. The van der Waals surface area contributed by atoms with Crippen molar-refractivity contribution in [3.63, 3.8) is 0 Å². The third-order valence-electron chi connectivity index (χ3n) is 3.83. The quantitative estimate of drug-likeness (QED) is 0.866. The monoisotopic (exact) mass is 287 g/mol. The molecule has 1 saturated heterocycles. The predicted molar refractivity (Wildman–Crippen MR) is 80.6 cm³/mol. The van der Waals surface area contributed by atoms with E-state index >= 15 is 0 Å². The summed E-state index contributed by atoms with van der Waals surface area (Å²) in [6.45, 7) is 1.65. The Balaban J connectivity index is 1.68. The van der Waals surface area contributed by atoms with Crippen molar-refractivity contribution in [1.29, 1.82) is 0 Å². The van der Waals surface area contributed by atoms with Crippen molar-refractivity contribution in [2.45, 2.75) is 12.3 Å². The highest BCUT2D eigenvalue weighted by Gasteiger charge is 2.27. The molecule has 1 aromatic heterocycles. The Kier molecular flexibility index (Phi) is 3.74. The van der Waals surface area contributed by atoms with Gasteiger partial charge in [-0.15, -0.1) is 0 Å². The lowest BCUT2D eigenvalue weighted by molar-refractivity contribution is 0.0791. The largest absolute Gasteiger partial charge is 0.497 e. The Bertz CT molecular complexity index is 577. The van der Waals surface area contributed by atoms with E-state index in [9.17, 15) is 4.79 Å². The first-order valence-corrected chi connectivity index (χ1v) is 7.67. The summed E-state index contributed by atoms with van der Waals surface area (Å²) in [5.74, 6) is 1.46. The van der Waals surface area contributed by atoms with Crippen LogP contribution in [0.4, 0.5) is 0 Å². The van der Waals surface area contributed by atoms with Crippen molar-refractivity contribution >= 4 is 17.2 Å². The maximum Gasteiger partial charge on any atom is 0.254 e. The van der Waals surface area contributed by atoms with Crippen LogP contribution in [-0.2, 0) is 0 Å². The highest BCUT2D eigenvalue weighted by atomic mass is 32.1. The van der Waals surface area contributed by atoms with Crippen molar-refractivity contribution < 1.29 is 9.53 Å². The average molecular weight is 287 g/mol. The van der Waals surface area contributed by atoms with Crippen molar-refractivity contribution in [3.8, 4) is 5.75 Å². The normalized spacial score (nSPS) is 18.2. The van der Waals surface area contributed by atoms with Gasteiger partial charge in [-0.25, -0.2) is 0 Å². The van der Waals surface area contributed by atoms with E-state index in [0.29, 0.717) is 5.92 Å². The molecule has 0 saturated carbocycles. The molecule has 0 aliphatic carbocycles. The highest BCUT2D eigenvalue weighted by Crippen LogP contribution is 2.29.